The van der Waals surface area contributed by atoms with Crippen LogP contribution in [0.25, 0.3) is 11.4 Å². The third-order valence-electron chi connectivity index (χ3n) is 3.18. The zero-order valence-electron chi connectivity index (χ0n) is 10.7. The number of nitrogens with zero attached hydrogens (tertiary/aromatic N) is 2. The van der Waals surface area contributed by atoms with Gasteiger partial charge in [-0.05, 0) is 18.8 Å². The molecular weight excluding hydrogens is 212 g/mol. The van der Waals surface area contributed by atoms with Crippen molar-refractivity contribution < 1.29 is 0 Å². The Bertz CT molecular complexity index is 469. The highest BCUT2D eigenvalue weighted by atomic mass is 15.1. The first-order valence-electron chi connectivity index (χ1n) is 6.33. The van der Waals surface area contributed by atoms with Gasteiger partial charge < -0.3 is 4.98 Å². The van der Waals surface area contributed by atoms with Gasteiger partial charge in [-0.3, -0.25) is 5.10 Å². The molecule has 17 heavy (non-hydrogen) atoms. The predicted molar refractivity (Wildman–Crippen MR) is 68.9 cm³/mol. The van der Waals surface area contributed by atoms with Crippen LogP contribution >= 0.6 is 0 Å². The second-order valence-corrected chi connectivity index (χ2v) is 4.51. The number of imidazole rings is 1. The average molecular weight is 232 g/mol. The minimum Gasteiger partial charge on any atom is -0.342 e. The van der Waals surface area contributed by atoms with Crippen LogP contribution in [0.2, 0.25) is 0 Å². The van der Waals surface area contributed by atoms with E-state index in [4.69, 9.17) is 0 Å². The van der Waals surface area contributed by atoms with Gasteiger partial charge in [0.1, 0.15) is 5.82 Å². The summed E-state index contributed by atoms with van der Waals surface area (Å²) in [6.07, 6.45) is 7.05. The SMILES string of the molecule is CCCc1cnc(-c2cn[nH]c2C(C)CC)[nH]1. The molecule has 0 spiro atoms. The highest BCUT2D eigenvalue weighted by Crippen LogP contribution is 2.27. The normalized spacial score (nSPS) is 12.9. The third kappa shape index (κ3) is 2.40. The molecule has 0 radical (unpaired) electrons. The molecule has 92 valence electrons. The Morgan fingerprint density at radius 3 is 2.82 bits per heavy atom. The molecule has 2 aromatic rings. The van der Waals surface area contributed by atoms with E-state index >= 15 is 0 Å². The number of aromatic amines is 2. The Hall–Kier alpha value is -1.58. The predicted octanol–water partition coefficient (Wildman–Crippen LogP) is 3.27. The summed E-state index contributed by atoms with van der Waals surface area (Å²) in [7, 11) is 0. The molecule has 4 nitrogen and oxygen atoms in total. The van der Waals surface area contributed by atoms with Gasteiger partial charge in [0.25, 0.3) is 0 Å². The second-order valence-electron chi connectivity index (χ2n) is 4.51. The zero-order chi connectivity index (χ0) is 12.3. The summed E-state index contributed by atoms with van der Waals surface area (Å²) in [4.78, 5) is 7.80. The van der Waals surface area contributed by atoms with Crippen LogP contribution in [0.3, 0.4) is 0 Å². The quantitative estimate of drug-likeness (QED) is 0.831. The van der Waals surface area contributed by atoms with E-state index in [0.29, 0.717) is 5.92 Å². The molecule has 0 aliphatic heterocycles. The van der Waals surface area contributed by atoms with Crippen molar-refractivity contribution in [1.82, 2.24) is 20.2 Å². The Morgan fingerprint density at radius 1 is 1.29 bits per heavy atom. The van der Waals surface area contributed by atoms with Crippen LogP contribution in [0.4, 0.5) is 0 Å². The Kier molecular flexibility index (Phi) is 3.61. The number of rotatable bonds is 5. The van der Waals surface area contributed by atoms with Crippen LogP contribution in [0.15, 0.2) is 12.4 Å². The first-order valence-corrected chi connectivity index (χ1v) is 6.33. The maximum absolute atomic E-state index is 4.44. The molecule has 2 heterocycles. The molecule has 0 aliphatic rings. The number of H-pyrrole nitrogens is 2. The number of hydrogen-bond acceptors (Lipinski definition) is 2. The van der Waals surface area contributed by atoms with Gasteiger partial charge in [-0.2, -0.15) is 5.10 Å². The van der Waals surface area contributed by atoms with Crippen molar-refractivity contribution in [2.24, 2.45) is 0 Å². The molecule has 4 heteroatoms. The molecule has 0 aromatic carbocycles. The molecule has 0 aliphatic carbocycles. The van der Waals surface area contributed by atoms with Crippen molar-refractivity contribution >= 4 is 0 Å². The van der Waals surface area contributed by atoms with Crippen molar-refractivity contribution in [2.45, 2.75) is 46.0 Å². The van der Waals surface area contributed by atoms with Crippen LogP contribution < -0.4 is 0 Å². The van der Waals surface area contributed by atoms with E-state index in [1.807, 2.05) is 12.4 Å². The zero-order valence-corrected chi connectivity index (χ0v) is 10.7. The third-order valence-corrected chi connectivity index (χ3v) is 3.18. The van der Waals surface area contributed by atoms with Crippen LogP contribution in [0.1, 0.15) is 50.9 Å². The van der Waals surface area contributed by atoms with E-state index < -0.39 is 0 Å². The molecule has 1 atom stereocenters. The molecule has 1 unspecified atom stereocenters. The minimum atomic E-state index is 0.479. The van der Waals surface area contributed by atoms with E-state index in [1.54, 1.807) is 0 Å². The van der Waals surface area contributed by atoms with Crippen LogP contribution in [0, 0.1) is 0 Å². The van der Waals surface area contributed by atoms with Crippen molar-refractivity contribution in [3.05, 3.63) is 23.8 Å². The van der Waals surface area contributed by atoms with E-state index in [2.05, 4.69) is 40.9 Å². The molecule has 0 fully saturated rings. The molecule has 2 aromatic heterocycles. The van der Waals surface area contributed by atoms with Crippen molar-refractivity contribution in [1.29, 1.82) is 0 Å². The lowest BCUT2D eigenvalue weighted by Crippen LogP contribution is -1.95. The number of aryl methyl sites for hydroxylation is 1. The summed E-state index contributed by atoms with van der Waals surface area (Å²) in [5.41, 5.74) is 3.46. The monoisotopic (exact) mass is 232 g/mol. The summed E-state index contributed by atoms with van der Waals surface area (Å²) in [5, 5.41) is 7.22. The van der Waals surface area contributed by atoms with Crippen LogP contribution in [0.5, 0.6) is 0 Å². The molecule has 0 bridgehead atoms. The van der Waals surface area contributed by atoms with Crippen LogP contribution in [-0.4, -0.2) is 20.2 Å². The fourth-order valence-electron chi connectivity index (χ4n) is 1.96. The number of hydrogen-bond donors (Lipinski definition) is 2. The molecule has 2 N–H and O–H groups in total. The smallest absolute Gasteiger partial charge is 0.140 e. The Labute approximate surface area is 102 Å². The topological polar surface area (TPSA) is 57.4 Å². The number of nitrogens with one attached hydrogen (secondary N) is 2. The van der Waals surface area contributed by atoms with Gasteiger partial charge in [0.2, 0.25) is 0 Å². The molecule has 0 saturated heterocycles. The summed E-state index contributed by atoms with van der Waals surface area (Å²) in [6.45, 7) is 6.55. The first kappa shape index (κ1) is 11.9. The van der Waals surface area contributed by atoms with Gasteiger partial charge in [-0.1, -0.05) is 27.2 Å². The fraction of sp³-hybridized carbons (Fsp3) is 0.538. The van der Waals surface area contributed by atoms with Crippen molar-refractivity contribution in [3.63, 3.8) is 0 Å². The van der Waals surface area contributed by atoms with Gasteiger partial charge in [0, 0.05) is 17.6 Å². The first-order chi connectivity index (χ1) is 8.26. The molecule has 0 amide bonds. The summed E-state index contributed by atoms with van der Waals surface area (Å²) in [6, 6.07) is 0. The van der Waals surface area contributed by atoms with E-state index in [0.717, 1.165) is 30.7 Å². The number of aromatic nitrogens is 4. The van der Waals surface area contributed by atoms with Gasteiger partial charge in [-0.25, -0.2) is 4.98 Å². The van der Waals surface area contributed by atoms with Gasteiger partial charge in [0.05, 0.1) is 11.8 Å². The highest BCUT2D eigenvalue weighted by Gasteiger charge is 2.15. The standard InChI is InChI=1S/C13H20N4/c1-4-6-10-7-14-13(16-10)11-8-15-17-12(11)9(3)5-2/h7-9H,4-6H2,1-3H3,(H,14,16)(H,15,17). The lowest BCUT2D eigenvalue weighted by Gasteiger charge is -2.07. The summed E-state index contributed by atoms with van der Waals surface area (Å²) < 4.78 is 0. The van der Waals surface area contributed by atoms with Gasteiger partial charge in [-0.15, -0.1) is 0 Å². The second kappa shape index (κ2) is 5.17. The van der Waals surface area contributed by atoms with Crippen molar-refractivity contribution in [2.75, 3.05) is 0 Å². The molecule has 0 saturated carbocycles. The highest BCUT2D eigenvalue weighted by molar-refractivity contribution is 5.58. The summed E-state index contributed by atoms with van der Waals surface area (Å²) >= 11 is 0. The van der Waals surface area contributed by atoms with Gasteiger partial charge in [0.15, 0.2) is 0 Å². The molecular formula is C13H20N4. The van der Waals surface area contributed by atoms with E-state index in [-0.39, 0.29) is 0 Å². The summed E-state index contributed by atoms with van der Waals surface area (Å²) in [5.74, 6) is 1.41. The maximum Gasteiger partial charge on any atom is 0.140 e. The molecule has 2 rings (SSSR count). The lowest BCUT2D eigenvalue weighted by atomic mass is 10.0. The Morgan fingerprint density at radius 2 is 2.12 bits per heavy atom. The lowest BCUT2D eigenvalue weighted by molar-refractivity contribution is 0.704. The van der Waals surface area contributed by atoms with E-state index in [1.165, 1.54) is 11.4 Å². The largest absolute Gasteiger partial charge is 0.342 e. The minimum absolute atomic E-state index is 0.479. The van der Waals surface area contributed by atoms with Crippen molar-refractivity contribution in [3.8, 4) is 11.4 Å². The van der Waals surface area contributed by atoms with E-state index in [9.17, 15) is 0 Å². The Balaban J connectivity index is 2.29. The van der Waals surface area contributed by atoms with Crippen LogP contribution in [-0.2, 0) is 6.42 Å². The maximum atomic E-state index is 4.44. The fourth-order valence-corrected chi connectivity index (χ4v) is 1.96. The average Bonchev–Trinajstić information content (AvgIpc) is 2.95. The van der Waals surface area contributed by atoms with Gasteiger partial charge >= 0.3 is 0 Å².